The van der Waals surface area contributed by atoms with Crippen molar-refractivity contribution in [2.24, 2.45) is 0 Å². The molecule has 7 heteroatoms. The molecule has 2 saturated heterocycles. The van der Waals surface area contributed by atoms with Gasteiger partial charge in [-0.3, -0.25) is 4.79 Å². The first-order chi connectivity index (χ1) is 6.50. The molecule has 0 spiro atoms. The fourth-order valence-electron chi connectivity index (χ4n) is 1.72. The van der Waals surface area contributed by atoms with Crippen LogP contribution in [0.15, 0.2) is 0 Å². The summed E-state index contributed by atoms with van der Waals surface area (Å²) in [6.07, 6.45) is 0.554. The van der Waals surface area contributed by atoms with Gasteiger partial charge >= 0.3 is 0 Å². The molecule has 2 fully saturated rings. The first-order valence-corrected chi connectivity index (χ1v) is 5.13. The van der Waals surface area contributed by atoms with Gasteiger partial charge in [0.2, 0.25) is 5.91 Å². The largest absolute Gasteiger partial charge is 0.329 e. The topological polar surface area (TPSA) is 72.7 Å². The highest BCUT2D eigenvalue weighted by atomic mass is 32.2. The molecule has 0 aliphatic carbocycles. The highest BCUT2D eigenvalue weighted by Crippen LogP contribution is 2.46. The van der Waals surface area contributed by atoms with Crippen LogP contribution >= 0.6 is 11.8 Å². The van der Waals surface area contributed by atoms with Crippen LogP contribution in [0.4, 0.5) is 0 Å². The third-order valence-corrected chi connectivity index (χ3v) is 3.93. The first-order valence-electron chi connectivity index (χ1n) is 4.25. The van der Waals surface area contributed by atoms with E-state index in [1.807, 2.05) is 6.92 Å². The molecule has 0 unspecified atom stereocenters. The maximum Gasteiger partial charge on any atom is 0.294 e. The lowest BCUT2D eigenvalue weighted by Crippen LogP contribution is -2.48. The minimum Gasteiger partial charge on any atom is -0.329 e. The Hall–Kier alpha value is -0.980. The number of rotatable bonds is 3. The number of thioether (sulfide) groups is 1. The molecule has 0 aromatic carbocycles. The van der Waals surface area contributed by atoms with Crippen molar-refractivity contribution in [1.29, 1.82) is 0 Å². The van der Waals surface area contributed by atoms with Gasteiger partial charge in [-0.05, 0) is 6.92 Å². The highest BCUT2D eigenvalue weighted by molar-refractivity contribution is 8.01. The molecule has 0 bridgehead atoms. The lowest BCUT2D eigenvalue weighted by molar-refractivity contribution is -0.758. The third-order valence-electron chi connectivity index (χ3n) is 2.42. The Kier molecular flexibility index (Phi) is 2.06. The lowest BCUT2D eigenvalue weighted by atomic mass is 10.1. The van der Waals surface area contributed by atoms with Crippen LogP contribution in [0.2, 0.25) is 0 Å². The number of hydrogen-bond acceptors (Lipinski definition) is 5. The molecule has 0 aromatic rings. The Morgan fingerprint density at radius 1 is 1.86 bits per heavy atom. The number of carbonyl (C=O) groups is 1. The van der Waals surface area contributed by atoms with Crippen molar-refractivity contribution in [1.82, 2.24) is 4.90 Å². The van der Waals surface area contributed by atoms with Crippen molar-refractivity contribution < 1.29 is 14.7 Å². The molecule has 2 rings (SSSR count). The molecular weight excluding hydrogens is 208 g/mol. The fraction of sp³-hybridized carbons (Fsp3) is 0.857. The number of amides is 1. The number of hydrogen-bond donors (Lipinski definition) is 0. The van der Waals surface area contributed by atoms with Crippen LogP contribution in [0, 0.1) is 10.1 Å². The number of carbonyl (C=O) groups excluding carboxylic acids is 1. The van der Waals surface area contributed by atoms with Gasteiger partial charge in [0.1, 0.15) is 6.61 Å². The first kappa shape index (κ1) is 9.57. The molecule has 0 radical (unpaired) electrons. The van der Waals surface area contributed by atoms with Gasteiger partial charge in [-0.2, -0.15) is 0 Å². The summed E-state index contributed by atoms with van der Waals surface area (Å²) in [5.41, 5.74) is 0. The van der Waals surface area contributed by atoms with Gasteiger partial charge in [0.25, 0.3) is 5.09 Å². The van der Waals surface area contributed by atoms with Gasteiger partial charge in [0.05, 0.1) is 16.5 Å². The molecule has 78 valence electrons. The second-order valence-corrected chi connectivity index (χ2v) is 5.51. The Balaban J connectivity index is 1.92. The van der Waals surface area contributed by atoms with Gasteiger partial charge in [0.15, 0.2) is 0 Å². The SMILES string of the molecule is C[C@]1(CO[N+](=O)[O-])CN2C(=O)C[C@@H]2S1. The summed E-state index contributed by atoms with van der Waals surface area (Å²) < 4.78 is -0.329. The van der Waals surface area contributed by atoms with Gasteiger partial charge in [0, 0.05) is 6.54 Å². The monoisotopic (exact) mass is 218 g/mol. The Morgan fingerprint density at radius 2 is 2.57 bits per heavy atom. The molecule has 6 nitrogen and oxygen atoms in total. The van der Waals surface area contributed by atoms with Crippen LogP contribution in [0.3, 0.4) is 0 Å². The van der Waals surface area contributed by atoms with E-state index in [9.17, 15) is 14.9 Å². The molecule has 2 aliphatic rings. The van der Waals surface area contributed by atoms with Crippen LogP contribution in [-0.2, 0) is 9.63 Å². The van der Waals surface area contributed by atoms with Crippen molar-refractivity contribution >= 4 is 17.7 Å². The zero-order valence-electron chi connectivity index (χ0n) is 7.63. The summed E-state index contributed by atoms with van der Waals surface area (Å²) in [5.74, 6) is 0.132. The quantitative estimate of drug-likeness (QED) is 0.386. The summed E-state index contributed by atoms with van der Waals surface area (Å²) in [6, 6.07) is 0. The molecule has 14 heavy (non-hydrogen) atoms. The van der Waals surface area contributed by atoms with Crippen LogP contribution in [0.5, 0.6) is 0 Å². The summed E-state index contributed by atoms with van der Waals surface area (Å²) in [5, 5.41) is 9.46. The van der Waals surface area contributed by atoms with E-state index >= 15 is 0 Å². The van der Waals surface area contributed by atoms with Crippen LogP contribution in [0.25, 0.3) is 0 Å². The van der Waals surface area contributed by atoms with E-state index in [-0.39, 0.29) is 22.6 Å². The zero-order chi connectivity index (χ0) is 10.3. The molecule has 0 N–H and O–H groups in total. The number of β-lactam (4-membered cyclic amide) rings is 1. The van der Waals surface area contributed by atoms with Crippen molar-refractivity contribution in [2.45, 2.75) is 23.5 Å². The maximum absolute atomic E-state index is 11.1. The molecule has 0 aromatic heterocycles. The molecule has 2 atom stereocenters. The van der Waals surface area contributed by atoms with E-state index in [2.05, 4.69) is 4.84 Å². The van der Waals surface area contributed by atoms with E-state index in [1.54, 1.807) is 16.7 Å². The third kappa shape index (κ3) is 1.52. The predicted molar refractivity (Wildman–Crippen MR) is 49.1 cm³/mol. The smallest absolute Gasteiger partial charge is 0.294 e. The van der Waals surface area contributed by atoms with E-state index < -0.39 is 5.09 Å². The minimum absolute atomic E-state index is 0.0466. The van der Waals surface area contributed by atoms with Crippen LogP contribution in [-0.4, -0.2) is 39.2 Å². The van der Waals surface area contributed by atoms with E-state index in [0.29, 0.717) is 13.0 Å². The van der Waals surface area contributed by atoms with Crippen LogP contribution in [0.1, 0.15) is 13.3 Å². The summed E-state index contributed by atoms with van der Waals surface area (Å²) in [6.45, 7) is 2.48. The molecule has 2 heterocycles. The molecule has 2 aliphatic heterocycles. The van der Waals surface area contributed by atoms with Crippen molar-refractivity contribution in [2.75, 3.05) is 13.2 Å². The summed E-state index contributed by atoms with van der Waals surface area (Å²) >= 11 is 1.58. The Morgan fingerprint density at radius 3 is 3.07 bits per heavy atom. The second kappa shape index (κ2) is 3.01. The predicted octanol–water partition coefficient (Wildman–Crippen LogP) is 0.259. The lowest BCUT2D eigenvalue weighted by Gasteiger charge is -2.32. The van der Waals surface area contributed by atoms with Crippen molar-refractivity contribution in [3.05, 3.63) is 10.1 Å². The molecule has 1 amide bonds. The van der Waals surface area contributed by atoms with Crippen molar-refractivity contribution in [3.63, 3.8) is 0 Å². The maximum atomic E-state index is 11.1. The number of nitrogens with zero attached hydrogens (tertiary/aromatic N) is 2. The average Bonchev–Trinajstić information content (AvgIpc) is 2.37. The van der Waals surface area contributed by atoms with Gasteiger partial charge in [-0.25, -0.2) is 0 Å². The zero-order valence-corrected chi connectivity index (χ0v) is 8.45. The minimum atomic E-state index is -0.789. The highest BCUT2D eigenvalue weighted by Gasteiger charge is 2.50. The second-order valence-electron chi connectivity index (χ2n) is 3.75. The fourth-order valence-corrected chi connectivity index (χ4v) is 3.25. The Bertz CT molecular complexity index is 297. The van der Waals surface area contributed by atoms with E-state index in [4.69, 9.17) is 0 Å². The molecular formula is C7H10N2O4S. The summed E-state index contributed by atoms with van der Waals surface area (Å²) in [7, 11) is 0. The van der Waals surface area contributed by atoms with Gasteiger partial charge in [-0.15, -0.1) is 21.9 Å². The van der Waals surface area contributed by atoms with E-state index in [1.165, 1.54) is 0 Å². The Labute approximate surface area is 84.7 Å². The normalized spacial score (nSPS) is 35.1. The summed E-state index contributed by atoms with van der Waals surface area (Å²) in [4.78, 5) is 27.2. The van der Waals surface area contributed by atoms with Crippen LogP contribution < -0.4 is 0 Å². The number of fused-ring (bicyclic) bond motifs is 1. The standard InChI is InChI=1S/C7H10N2O4S/c1-7(4-13-9(11)12)3-8-5(10)2-6(8)14-7/h6H,2-4H2,1H3/t6-,7+/m0/s1. The van der Waals surface area contributed by atoms with Gasteiger partial charge < -0.3 is 9.74 Å². The average molecular weight is 218 g/mol. The van der Waals surface area contributed by atoms with E-state index in [0.717, 1.165) is 0 Å². The molecule has 0 saturated carbocycles. The van der Waals surface area contributed by atoms with Gasteiger partial charge in [-0.1, -0.05) is 0 Å². The van der Waals surface area contributed by atoms with Crippen molar-refractivity contribution in [3.8, 4) is 0 Å².